The fourth-order valence-corrected chi connectivity index (χ4v) is 3.23. The Morgan fingerprint density at radius 3 is 2.72 bits per heavy atom. The molecule has 1 aliphatic carbocycles. The lowest BCUT2D eigenvalue weighted by atomic mass is 10.1. The number of hydrogen-bond donors (Lipinski definition) is 1. The number of sulfone groups is 1. The Morgan fingerprint density at radius 1 is 1.36 bits per heavy atom. The van der Waals surface area contributed by atoms with E-state index in [0.717, 1.165) is 6.08 Å². The Balaban J connectivity index is 2.41. The quantitative estimate of drug-likeness (QED) is 0.848. The molecule has 25 heavy (non-hydrogen) atoms. The SMILES string of the molecule is C=C1CC[C@@H](O)C/C(S(=O)(=O)C(F)F)=C\C=C1Oc1cncc(Cl)c1. The van der Waals surface area contributed by atoms with Crippen LogP contribution in [0.15, 0.2) is 53.4 Å². The minimum atomic E-state index is -4.80. The van der Waals surface area contributed by atoms with Crippen LogP contribution in [0.4, 0.5) is 8.78 Å². The van der Waals surface area contributed by atoms with E-state index in [-0.39, 0.29) is 17.9 Å². The van der Waals surface area contributed by atoms with Gasteiger partial charge in [0, 0.05) is 18.7 Å². The molecule has 1 aromatic heterocycles. The van der Waals surface area contributed by atoms with E-state index in [4.69, 9.17) is 16.3 Å². The van der Waals surface area contributed by atoms with Crippen molar-refractivity contribution in [3.05, 3.63) is 58.5 Å². The number of rotatable bonds is 4. The lowest BCUT2D eigenvalue weighted by Crippen LogP contribution is -2.18. The van der Waals surface area contributed by atoms with E-state index in [1.165, 1.54) is 24.5 Å². The molecule has 9 heteroatoms. The highest BCUT2D eigenvalue weighted by Crippen LogP contribution is 2.28. The molecule has 1 N–H and O–H groups in total. The molecule has 1 aliphatic rings. The van der Waals surface area contributed by atoms with Crippen molar-refractivity contribution in [3.8, 4) is 5.75 Å². The van der Waals surface area contributed by atoms with Gasteiger partial charge in [0.05, 0.1) is 22.2 Å². The summed E-state index contributed by atoms with van der Waals surface area (Å²) >= 11 is 5.83. The summed E-state index contributed by atoms with van der Waals surface area (Å²) in [6, 6.07) is 1.49. The molecular formula is C16H16ClF2NO4S. The van der Waals surface area contributed by atoms with Crippen LogP contribution in [0.1, 0.15) is 19.3 Å². The minimum absolute atomic E-state index is 0.156. The van der Waals surface area contributed by atoms with Crippen molar-refractivity contribution < 1.29 is 27.0 Å². The van der Waals surface area contributed by atoms with Gasteiger partial charge in [0.2, 0.25) is 9.84 Å². The predicted molar refractivity (Wildman–Crippen MR) is 90.0 cm³/mol. The van der Waals surface area contributed by atoms with Crippen LogP contribution in [-0.2, 0) is 9.84 Å². The van der Waals surface area contributed by atoms with Crippen molar-refractivity contribution in [2.45, 2.75) is 31.1 Å². The first-order chi connectivity index (χ1) is 11.7. The monoisotopic (exact) mass is 391 g/mol. The van der Waals surface area contributed by atoms with Crippen LogP contribution in [-0.4, -0.2) is 30.4 Å². The van der Waals surface area contributed by atoms with Gasteiger partial charge < -0.3 is 9.84 Å². The zero-order valence-electron chi connectivity index (χ0n) is 13.0. The van der Waals surface area contributed by atoms with Crippen LogP contribution in [0.3, 0.4) is 0 Å². The van der Waals surface area contributed by atoms with E-state index in [9.17, 15) is 22.3 Å². The zero-order chi connectivity index (χ0) is 18.6. The molecule has 2 rings (SSSR count). The van der Waals surface area contributed by atoms with Gasteiger partial charge in [0.25, 0.3) is 0 Å². The molecule has 1 aromatic rings. The molecule has 0 saturated carbocycles. The van der Waals surface area contributed by atoms with E-state index in [1.54, 1.807) is 0 Å². The lowest BCUT2D eigenvalue weighted by Gasteiger charge is -2.13. The summed E-state index contributed by atoms with van der Waals surface area (Å²) in [5, 5.41) is 10.2. The number of ether oxygens (including phenoxy) is 1. The number of aromatic nitrogens is 1. The van der Waals surface area contributed by atoms with Gasteiger partial charge in [-0.25, -0.2) is 8.42 Å². The number of aliphatic hydroxyl groups excluding tert-OH is 1. The Hall–Kier alpha value is -1.77. The van der Waals surface area contributed by atoms with E-state index < -0.39 is 33.0 Å². The third-order valence-corrected chi connectivity index (χ3v) is 5.20. The second-order valence-electron chi connectivity index (χ2n) is 5.41. The number of allylic oxidation sites excluding steroid dienone is 3. The first kappa shape index (κ1) is 19.6. The minimum Gasteiger partial charge on any atom is -0.455 e. The molecule has 0 bridgehead atoms. The van der Waals surface area contributed by atoms with Crippen molar-refractivity contribution in [2.75, 3.05) is 0 Å². The molecule has 0 aromatic carbocycles. The van der Waals surface area contributed by atoms with E-state index in [0.29, 0.717) is 17.0 Å². The molecule has 1 heterocycles. The maximum Gasteiger partial charge on any atom is 0.340 e. The Morgan fingerprint density at radius 2 is 2.08 bits per heavy atom. The molecule has 0 radical (unpaired) electrons. The van der Waals surface area contributed by atoms with Crippen LogP contribution < -0.4 is 4.74 Å². The fourth-order valence-electron chi connectivity index (χ4n) is 2.16. The van der Waals surface area contributed by atoms with Crippen LogP contribution >= 0.6 is 11.6 Å². The van der Waals surface area contributed by atoms with Crippen molar-refractivity contribution >= 4 is 21.4 Å². The van der Waals surface area contributed by atoms with Crippen LogP contribution in [0.5, 0.6) is 5.75 Å². The molecule has 0 spiro atoms. The van der Waals surface area contributed by atoms with Crippen LogP contribution in [0.25, 0.3) is 0 Å². The zero-order valence-corrected chi connectivity index (χ0v) is 14.6. The van der Waals surface area contributed by atoms with Crippen LogP contribution in [0, 0.1) is 0 Å². The number of aliphatic hydroxyl groups is 1. The summed E-state index contributed by atoms with van der Waals surface area (Å²) in [5.41, 5.74) is 0.478. The molecule has 5 nitrogen and oxygen atoms in total. The number of pyridine rings is 1. The highest BCUT2D eigenvalue weighted by Gasteiger charge is 2.30. The summed E-state index contributed by atoms with van der Waals surface area (Å²) in [6.07, 6.45) is 4.03. The molecule has 0 unspecified atom stereocenters. The molecule has 0 amide bonds. The fraction of sp³-hybridized carbons (Fsp3) is 0.312. The molecule has 136 valence electrons. The number of halogens is 3. The van der Waals surface area contributed by atoms with Crippen molar-refractivity contribution in [3.63, 3.8) is 0 Å². The second-order valence-corrected chi connectivity index (χ2v) is 7.82. The summed E-state index contributed by atoms with van der Waals surface area (Å²) < 4.78 is 54.7. The van der Waals surface area contributed by atoms with Gasteiger partial charge in [0.1, 0.15) is 11.5 Å². The summed E-state index contributed by atoms with van der Waals surface area (Å²) in [5.74, 6) is -3.10. The third-order valence-electron chi connectivity index (χ3n) is 3.49. The van der Waals surface area contributed by atoms with Crippen LogP contribution in [0.2, 0.25) is 5.02 Å². The average Bonchev–Trinajstić information content (AvgIpc) is 2.60. The van der Waals surface area contributed by atoms with Gasteiger partial charge in [-0.3, -0.25) is 4.98 Å². The van der Waals surface area contributed by atoms with Gasteiger partial charge in [-0.15, -0.1) is 0 Å². The summed E-state index contributed by atoms with van der Waals surface area (Å²) in [4.78, 5) is 3.30. The second kappa shape index (κ2) is 8.07. The third kappa shape index (κ3) is 5.10. The van der Waals surface area contributed by atoms with E-state index >= 15 is 0 Å². The van der Waals surface area contributed by atoms with Gasteiger partial charge in [0.15, 0.2) is 0 Å². The van der Waals surface area contributed by atoms with Crippen molar-refractivity contribution in [2.24, 2.45) is 0 Å². The molecular weight excluding hydrogens is 376 g/mol. The Bertz CT molecular complexity index is 821. The van der Waals surface area contributed by atoms with Crippen molar-refractivity contribution in [1.29, 1.82) is 0 Å². The number of alkyl halides is 2. The van der Waals surface area contributed by atoms with E-state index in [2.05, 4.69) is 11.6 Å². The normalized spacial score (nSPS) is 21.6. The molecule has 0 saturated heterocycles. The average molecular weight is 392 g/mol. The highest BCUT2D eigenvalue weighted by molar-refractivity contribution is 7.95. The maximum atomic E-state index is 12.8. The topological polar surface area (TPSA) is 76.5 Å². The maximum absolute atomic E-state index is 12.8. The Kier molecular flexibility index (Phi) is 6.31. The number of hydrogen-bond acceptors (Lipinski definition) is 5. The number of nitrogens with zero attached hydrogens (tertiary/aromatic N) is 1. The lowest BCUT2D eigenvalue weighted by molar-refractivity contribution is 0.166. The van der Waals surface area contributed by atoms with Gasteiger partial charge in [-0.2, -0.15) is 8.78 Å². The van der Waals surface area contributed by atoms with Crippen molar-refractivity contribution in [1.82, 2.24) is 4.98 Å². The highest BCUT2D eigenvalue weighted by atomic mass is 35.5. The smallest absolute Gasteiger partial charge is 0.340 e. The molecule has 0 fully saturated rings. The standard InChI is InChI=1S/C16H16ClF2NO4S/c1-10-2-3-12(21)7-14(25(22,23)16(18)19)4-5-15(10)24-13-6-11(17)8-20-9-13/h4-6,8-9,12,16,21H,1-3,7H2/b14-4+,15-5?/t12-/m1/s1. The Labute approximate surface area is 149 Å². The summed E-state index contributed by atoms with van der Waals surface area (Å²) in [7, 11) is -4.80. The van der Waals surface area contributed by atoms with E-state index in [1.807, 2.05) is 0 Å². The van der Waals surface area contributed by atoms with Gasteiger partial charge in [-0.05, 0) is 30.6 Å². The molecule has 0 aliphatic heterocycles. The first-order valence-electron chi connectivity index (χ1n) is 7.27. The van der Waals surface area contributed by atoms with Gasteiger partial charge >= 0.3 is 5.76 Å². The summed E-state index contributed by atoms with van der Waals surface area (Å²) in [6.45, 7) is 3.83. The van der Waals surface area contributed by atoms with Gasteiger partial charge in [-0.1, -0.05) is 18.2 Å². The predicted octanol–water partition coefficient (Wildman–Crippen LogP) is 3.62. The molecule has 1 atom stereocenters. The largest absolute Gasteiger partial charge is 0.455 e. The first-order valence-corrected chi connectivity index (χ1v) is 9.20.